The average Bonchev–Trinajstić information content (AvgIpc) is 1.72. The van der Waals surface area contributed by atoms with Crippen molar-refractivity contribution in [3.05, 3.63) is 0 Å². The lowest BCUT2D eigenvalue weighted by atomic mass is 10.9. The van der Waals surface area contributed by atoms with E-state index in [0.29, 0.717) is 0 Å². The summed E-state index contributed by atoms with van der Waals surface area (Å²) in [5.74, 6) is 0. The van der Waals surface area contributed by atoms with Gasteiger partial charge in [0.2, 0.25) is 0 Å². The fourth-order valence-electron chi connectivity index (χ4n) is 0. The van der Waals surface area contributed by atoms with Crippen molar-refractivity contribution in [3.8, 4) is 12.1 Å². The van der Waals surface area contributed by atoms with Gasteiger partial charge in [-0.1, -0.05) is 13.8 Å². The third kappa shape index (κ3) is 29200. The number of nitrogens with zero attached hydrogens (tertiary/aromatic N) is 2. The molecular weight excluding hydrogens is 76.1 g/mol. The first-order valence-corrected chi connectivity index (χ1v) is 1.70. The fraction of sp³-hybridized carbons (Fsp3) is 0.500. The second-order valence-electron chi connectivity index (χ2n) is 0.224. The minimum Gasteiger partial charge on any atom is -0.181 e. The Kier molecular flexibility index (Phi) is 54.5. The molecule has 0 fully saturated rings. The molecule has 0 saturated heterocycles. The second-order valence-corrected chi connectivity index (χ2v) is 0.224. The Balaban J connectivity index is 0. The molecule has 2 heteroatoms. The van der Waals surface area contributed by atoms with Crippen LogP contribution in [0.25, 0.3) is 0 Å². The predicted octanol–water partition coefficient (Wildman–Crippen LogP) is 1.06. The van der Waals surface area contributed by atoms with E-state index in [9.17, 15) is 0 Å². The highest BCUT2D eigenvalue weighted by Crippen LogP contribution is 1.27. The van der Waals surface area contributed by atoms with Gasteiger partial charge in [0, 0.05) is 0 Å². The third-order valence-electron chi connectivity index (χ3n) is 0.0500. The van der Waals surface area contributed by atoms with Gasteiger partial charge in [-0.3, -0.25) is 0 Å². The van der Waals surface area contributed by atoms with Gasteiger partial charge >= 0.3 is 0 Å². The number of rotatable bonds is 0. The molecule has 0 radical (unpaired) electrons. The molecule has 0 atom stereocenters. The van der Waals surface area contributed by atoms with Crippen molar-refractivity contribution >= 4 is 0 Å². The molecule has 0 aromatic heterocycles. The minimum atomic E-state index is 1.24. The highest BCUT2D eigenvalue weighted by Gasteiger charge is 1.39. The summed E-state index contributed by atoms with van der Waals surface area (Å²) in [5.41, 5.74) is 0. The lowest BCUT2D eigenvalue weighted by Crippen LogP contribution is -1.26. The summed E-state index contributed by atoms with van der Waals surface area (Å²) >= 11 is 0. The minimum absolute atomic E-state index is 1.24. The van der Waals surface area contributed by atoms with Gasteiger partial charge in [-0.15, -0.1) is 0 Å². The van der Waals surface area contributed by atoms with E-state index in [1.807, 2.05) is 13.8 Å². The highest BCUT2D eigenvalue weighted by molar-refractivity contribution is 4.99. The molecule has 0 aliphatic carbocycles. The molecule has 2 nitrogen and oxygen atoms in total. The van der Waals surface area contributed by atoms with E-state index in [-0.39, 0.29) is 0 Å². The molecule has 0 bridgehead atoms. The maximum Gasteiger partial charge on any atom is 0.181 e. The van der Waals surface area contributed by atoms with Crippen LogP contribution >= 0.6 is 0 Å². The molecule has 0 saturated carbocycles. The molecule has 0 aromatic rings. The van der Waals surface area contributed by atoms with E-state index >= 15 is 0 Å². The molecule has 0 aromatic carbocycles. The van der Waals surface area contributed by atoms with Gasteiger partial charge in [0.1, 0.15) is 0 Å². The first-order chi connectivity index (χ1) is 2.91. The van der Waals surface area contributed by atoms with E-state index in [0.717, 1.165) is 0 Å². The van der Waals surface area contributed by atoms with E-state index in [4.69, 9.17) is 10.5 Å². The third-order valence-corrected chi connectivity index (χ3v) is 0.0500. The van der Waals surface area contributed by atoms with E-state index in [2.05, 4.69) is 0 Å². The Bertz CT molecular complexity index is 60.5. The Hall–Kier alpha value is -1.02. The predicted molar refractivity (Wildman–Crippen MR) is 22.6 cm³/mol. The van der Waals surface area contributed by atoms with Crippen LogP contribution in [0.2, 0.25) is 0 Å². The van der Waals surface area contributed by atoms with Gasteiger partial charge in [-0.05, 0) is 0 Å². The van der Waals surface area contributed by atoms with Gasteiger partial charge < -0.3 is 0 Å². The van der Waals surface area contributed by atoms with E-state index < -0.39 is 0 Å². The van der Waals surface area contributed by atoms with E-state index in [1.165, 1.54) is 12.1 Å². The van der Waals surface area contributed by atoms with Gasteiger partial charge in [-0.25, -0.2) is 0 Å². The summed E-state index contributed by atoms with van der Waals surface area (Å²) in [6, 6.07) is 2.47. The molecule has 0 amide bonds. The first-order valence-electron chi connectivity index (χ1n) is 1.70. The van der Waals surface area contributed by atoms with Crippen LogP contribution in [-0.4, -0.2) is 0 Å². The molecule has 6 heavy (non-hydrogen) atoms. The summed E-state index contributed by atoms with van der Waals surface area (Å²) in [5, 5.41) is 14.5. The molecule has 0 spiro atoms. The van der Waals surface area contributed by atoms with Crippen LogP contribution in [0.15, 0.2) is 0 Å². The van der Waals surface area contributed by atoms with Crippen molar-refractivity contribution in [2.75, 3.05) is 0 Å². The molecule has 0 aliphatic heterocycles. The number of nitriles is 2. The Morgan fingerprint density at radius 1 is 1.00 bits per heavy atom. The zero-order chi connectivity index (χ0) is 5.41. The van der Waals surface area contributed by atoms with Crippen LogP contribution in [0.3, 0.4) is 0 Å². The lowest BCUT2D eigenvalue weighted by Gasteiger charge is -1.16. The maximum absolute atomic E-state index is 7.26. The van der Waals surface area contributed by atoms with Crippen LogP contribution in [0.4, 0.5) is 0 Å². The van der Waals surface area contributed by atoms with Crippen molar-refractivity contribution in [2.24, 2.45) is 0 Å². The van der Waals surface area contributed by atoms with Gasteiger partial charge in [-0.2, -0.15) is 10.5 Å². The van der Waals surface area contributed by atoms with Gasteiger partial charge in [0.25, 0.3) is 0 Å². The van der Waals surface area contributed by atoms with Gasteiger partial charge in [0.15, 0.2) is 12.1 Å². The topological polar surface area (TPSA) is 47.6 Å². The second kappa shape index (κ2) is 36.8. The quantitative estimate of drug-likeness (QED) is 0.438. The van der Waals surface area contributed by atoms with Crippen molar-refractivity contribution in [3.63, 3.8) is 0 Å². The van der Waals surface area contributed by atoms with Crippen molar-refractivity contribution in [1.29, 1.82) is 10.5 Å². The largest absolute Gasteiger partial charge is 0.181 e. The van der Waals surface area contributed by atoms with Crippen LogP contribution in [0, 0.1) is 22.7 Å². The van der Waals surface area contributed by atoms with Crippen molar-refractivity contribution < 1.29 is 0 Å². The molecule has 0 unspecified atom stereocenters. The summed E-state index contributed by atoms with van der Waals surface area (Å²) < 4.78 is 0. The monoisotopic (exact) mass is 82.1 g/mol. The van der Waals surface area contributed by atoms with E-state index in [1.54, 1.807) is 0 Å². The van der Waals surface area contributed by atoms with Crippen LogP contribution in [-0.2, 0) is 0 Å². The Morgan fingerprint density at radius 3 is 1.17 bits per heavy atom. The number of hydrogen-bond donors (Lipinski definition) is 0. The number of hydrogen-bond acceptors (Lipinski definition) is 2. The Morgan fingerprint density at radius 2 is 1.17 bits per heavy atom. The first kappa shape index (κ1) is 8.88. The summed E-state index contributed by atoms with van der Waals surface area (Å²) in [7, 11) is 0. The normalized spacial score (nSPS) is 2.67. The lowest BCUT2D eigenvalue weighted by molar-refractivity contribution is 1.49. The summed E-state index contributed by atoms with van der Waals surface area (Å²) in [6.07, 6.45) is 0. The molecule has 0 N–H and O–H groups in total. The highest BCUT2D eigenvalue weighted by atomic mass is 14.3. The summed E-state index contributed by atoms with van der Waals surface area (Å²) in [4.78, 5) is 0. The molecule has 0 rings (SSSR count). The van der Waals surface area contributed by atoms with Crippen molar-refractivity contribution in [1.82, 2.24) is 0 Å². The smallest absolute Gasteiger partial charge is 0.181 e. The summed E-state index contributed by atoms with van der Waals surface area (Å²) in [6.45, 7) is 4.00. The van der Waals surface area contributed by atoms with Crippen LogP contribution in [0.1, 0.15) is 13.8 Å². The SMILES string of the molecule is CC.N#CC#N. The maximum atomic E-state index is 7.26. The molecule has 32 valence electrons. The van der Waals surface area contributed by atoms with Crippen molar-refractivity contribution in [2.45, 2.75) is 13.8 Å². The average molecular weight is 82.1 g/mol. The van der Waals surface area contributed by atoms with Gasteiger partial charge in [0.05, 0.1) is 0 Å². The zero-order valence-electron chi connectivity index (χ0n) is 3.89. The van der Waals surface area contributed by atoms with Crippen LogP contribution < -0.4 is 0 Å². The van der Waals surface area contributed by atoms with Crippen LogP contribution in [0.5, 0.6) is 0 Å². The molecule has 0 aliphatic rings. The molecule has 0 heterocycles. The standard InChI is InChI=1S/C2N2.C2H6/c3-1-2-4;1-2/h;1-2H3. The zero-order valence-corrected chi connectivity index (χ0v) is 3.89. The molecular formula is C4H6N2. The Labute approximate surface area is 37.6 Å². The fourth-order valence-corrected chi connectivity index (χ4v) is 0.